The van der Waals surface area contributed by atoms with Gasteiger partial charge in [0.1, 0.15) is 0 Å². The zero-order valence-corrected chi connectivity index (χ0v) is 9.25. The van der Waals surface area contributed by atoms with Gasteiger partial charge in [0.2, 0.25) is 0 Å². The number of nitrogens with zero attached hydrogens (tertiary/aromatic N) is 1. The van der Waals surface area contributed by atoms with Crippen molar-refractivity contribution in [3.8, 4) is 6.07 Å². The van der Waals surface area contributed by atoms with Gasteiger partial charge in [-0.2, -0.15) is 5.26 Å². The van der Waals surface area contributed by atoms with E-state index in [0.29, 0.717) is 12.0 Å². The zero-order valence-electron chi connectivity index (χ0n) is 9.25. The van der Waals surface area contributed by atoms with Crippen LogP contribution >= 0.6 is 0 Å². The van der Waals surface area contributed by atoms with E-state index in [1.807, 2.05) is 12.1 Å². The van der Waals surface area contributed by atoms with Gasteiger partial charge in [-0.25, -0.2) is 0 Å². The van der Waals surface area contributed by atoms with Crippen LogP contribution < -0.4 is 5.32 Å². The normalized spacial score (nSPS) is 15.1. The van der Waals surface area contributed by atoms with Gasteiger partial charge in [0.05, 0.1) is 11.6 Å². The number of nitriles is 1. The first-order valence-corrected chi connectivity index (χ1v) is 5.51. The molecule has 2 rings (SSSR count). The van der Waals surface area contributed by atoms with E-state index in [4.69, 9.17) is 5.26 Å². The van der Waals surface area contributed by atoms with E-state index in [1.54, 1.807) is 0 Å². The van der Waals surface area contributed by atoms with Crippen molar-refractivity contribution in [3.63, 3.8) is 0 Å². The van der Waals surface area contributed by atoms with Crippen LogP contribution in [0.15, 0.2) is 18.2 Å². The van der Waals surface area contributed by atoms with Gasteiger partial charge in [-0.3, -0.25) is 0 Å². The molecule has 0 bridgehead atoms. The summed E-state index contributed by atoms with van der Waals surface area (Å²) >= 11 is 0. The van der Waals surface area contributed by atoms with Gasteiger partial charge < -0.3 is 5.32 Å². The number of benzene rings is 1. The van der Waals surface area contributed by atoms with Gasteiger partial charge in [-0.15, -0.1) is 0 Å². The Morgan fingerprint density at radius 2 is 2.13 bits per heavy atom. The van der Waals surface area contributed by atoms with Crippen LogP contribution in [-0.4, -0.2) is 6.04 Å². The molecular weight excluding hydrogens is 184 g/mol. The molecule has 0 atom stereocenters. The molecule has 78 valence electrons. The number of anilines is 1. The van der Waals surface area contributed by atoms with Crippen molar-refractivity contribution in [3.05, 3.63) is 29.3 Å². The molecule has 15 heavy (non-hydrogen) atoms. The molecule has 1 aliphatic carbocycles. The molecule has 1 aromatic carbocycles. The average Bonchev–Trinajstić information content (AvgIpc) is 3.00. The molecule has 0 radical (unpaired) electrons. The maximum atomic E-state index is 9.00. The minimum atomic E-state index is 0.435. The molecule has 0 unspecified atom stereocenters. The van der Waals surface area contributed by atoms with Gasteiger partial charge in [-0.1, -0.05) is 0 Å². The zero-order chi connectivity index (χ0) is 10.8. The van der Waals surface area contributed by atoms with Crippen molar-refractivity contribution in [2.45, 2.75) is 38.6 Å². The first-order valence-electron chi connectivity index (χ1n) is 5.51. The predicted octanol–water partition coefficient (Wildman–Crippen LogP) is 3.26. The highest BCUT2D eigenvalue weighted by atomic mass is 14.9. The fraction of sp³-hybridized carbons (Fsp3) is 0.462. The molecule has 1 aliphatic rings. The highest BCUT2D eigenvalue weighted by Crippen LogP contribution is 2.42. The Labute approximate surface area is 90.9 Å². The summed E-state index contributed by atoms with van der Waals surface area (Å²) in [6.45, 7) is 4.24. The average molecular weight is 200 g/mol. The second-order valence-electron chi connectivity index (χ2n) is 4.49. The minimum absolute atomic E-state index is 0.435. The van der Waals surface area contributed by atoms with E-state index in [-0.39, 0.29) is 0 Å². The molecule has 2 nitrogen and oxygen atoms in total. The molecule has 0 saturated heterocycles. The molecule has 1 aromatic rings. The Morgan fingerprint density at radius 1 is 1.40 bits per heavy atom. The van der Waals surface area contributed by atoms with Crippen LogP contribution in [0.3, 0.4) is 0 Å². The van der Waals surface area contributed by atoms with Crippen LogP contribution in [-0.2, 0) is 0 Å². The quantitative estimate of drug-likeness (QED) is 0.813. The maximum Gasteiger partial charge on any atom is 0.0994 e. The van der Waals surface area contributed by atoms with Gasteiger partial charge in [0, 0.05) is 11.7 Å². The second-order valence-corrected chi connectivity index (χ2v) is 4.49. The third-order valence-corrected chi connectivity index (χ3v) is 2.64. The summed E-state index contributed by atoms with van der Waals surface area (Å²) in [7, 11) is 0. The van der Waals surface area contributed by atoms with E-state index in [9.17, 15) is 0 Å². The van der Waals surface area contributed by atoms with E-state index < -0.39 is 0 Å². The van der Waals surface area contributed by atoms with Gasteiger partial charge in [-0.05, 0) is 56.4 Å². The topological polar surface area (TPSA) is 35.8 Å². The number of nitrogens with one attached hydrogen (secondary N) is 1. The SMILES string of the molecule is CC(C)Nc1ccc(C#N)c(C2CC2)c1. The highest BCUT2D eigenvalue weighted by Gasteiger charge is 2.26. The van der Waals surface area contributed by atoms with Gasteiger partial charge in [0.25, 0.3) is 0 Å². The molecule has 1 N–H and O–H groups in total. The van der Waals surface area contributed by atoms with E-state index in [0.717, 1.165) is 11.3 Å². The van der Waals surface area contributed by atoms with Crippen molar-refractivity contribution >= 4 is 5.69 Å². The number of hydrogen-bond acceptors (Lipinski definition) is 2. The maximum absolute atomic E-state index is 9.00. The summed E-state index contributed by atoms with van der Waals surface area (Å²) in [5, 5.41) is 12.4. The molecule has 2 heteroatoms. The smallest absolute Gasteiger partial charge is 0.0994 e. The Kier molecular flexibility index (Phi) is 2.64. The van der Waals surface area contributed by atoms with Crippen LogP contribution in [0, 0.1) is 11.3 Å². The summed E-state index contributed by atoms with van der Waals surface area (Å²) in [5.74, 6) is 0.633. The Balaban J connectivity index is 2.29. The van der Waals surface area contributed by atoms with Crippen molar-refractivity contribution < 1.29 is 0 Å². The first-order chi connectivity index (χ1) is 7.20. The Morgan fingerprint density at radius 3 is 2.67 bits per heavy atom. The fourth-order valence-corrected chi connectivity index (χ4v) is 1.82. The molecule has 1 saturated carbocycles. The molecule has 0 amide bonds. The summed E-state index contributed by atoms with van der Waals surface area (Å²) in [5.41, 5.74) is 3.20. The fourth-order valence-electron chi connectivity index (χ4n) is 1.82. The van der Waals surface area contributed by atoms with Gasteiger partial charge in [0.15, 0.2) is 0 Å². The van der Waals surface area contributed by atoms with Crippen LogP contribution in [0.2, 0.25) is 0 Å². The first kappa shape index (κ1) is 10.0. The van der Waals surface area contributed by atoms with E-state index >= 15 is 0 Å². The Hall–Kier alpha value is -1.49. The van der Waals surface area contributed by atoms with Crippen molar-refractivity contribution in [2.24, 2.45) is 0 Å². The van der Waals surface area contributed by atoms with Crippen LogP contribution in [0.5, 0.6) is 0 Å². The lowest BCUT2D eigenvalue weighted by molar-refractivity contribution is 0.898. The van der Waals surface area contributed by atoms with Gasteiger partial charge >= 0.3 is 0 Å². The molecular formula is C13H16N2. The molecule has 0 aliphatic heterocycles. The lowest BCUT2D eigenvalue weighted by atomic mass is 10.0. The largest absolute Gasteiger partial charge is 0.383 e. The lowest BCUT2D eigenvalue weighted by Gasteiger charge is -2.12. The third kappa shape index (κ3) is 2.30. The molecule has 1 fully saturated rings. The van der Waals surface area contributed by atoms with Crippen LogP contribution in [0.4, 0.5) is 5.69 Å². The van der Waals surface area contributed by atoms with Crippen LogP contribution in [0.25, 0.3) is 0 Å². The number of rotatable bonds is 3. The Bertz CT molecular complexity index is 397. The van der Waals surface area contributed by atoms with E-state index in [1.165, 1.54) is 18.4 Å². The summed E-state index contributed by atoms with van der Waals surface area (Å²) in [6.07, 6.45) is 2.47. The van der Waals surface area contributed by atoms with Crippen molar-refractivity contribution in [2.75, 3.05) is 5.32 Å². The van der Waals surface area contributed by atoms with Crippen LogP contribution in [0.1, 0.15) is 43.7 Å². The predicted molar refractivity (Wildman–Crippen MR) is 61.9 cm³/mol. The third-order valence-electron chi connectivity index (χ3n) is 2.64. The van der Waals surface area contributed by atoms with Crippen molar-refractivity contribution in [1.82, 2.24) is 0 Å². The molecule has 0 spiro atoms. The molecule has 0 aromatic heterocycles. The monoisotopic (exact) mass is 200 g/mol. The second kappa shape index (κ2) is 3.94. The van der Waals surface area contributed by atoms with Crippen molar-refractivity contribution in [1.29, 1.82) is 5.26 Å². The summed E-state index contributed by atoms with van der Waals surface area (Å²) in [4.78, 5) is 0. The standard InChI is InChI=1S/C13H16N2/c1-9(2)15-12-6-5-11(8-14)13(7-12)10-3-4-10/h5-7,9-10,15H,3-4H2,1-2H3. The summed E-state index contributed by atoms with van der Waals surface area (Å²) in [6, 6.07) is 8.76. The number of hydrogen-bond donors (Lipinski definition) is 1. The lowest BCUT2D eigenvalue weighted by Crippen LogP contribution is -2.09. The highest BCUT2D eigenvalue weighted by molar-refractivity contribution is 5.54. The molecule has 0 heterocycles. The van der Waals surface area contributed by atoms with E-state index in [2.05, 4.69) is 31.3 Å². The summed E-state index contributed by atoms with van der Waals surface area (Å²) < 4.78 is 0. The minimum Gasteiger partial charge on any atom is -0.383 e.